The molecule has 0 saturated heterocycles. The Bertz CT molecular complexity index is 442. The van der Waals surface area contributed by atoms with Crippen LogP contribution in [0.15, 0.2) is 29.4 Å². The van der Waals surface area contributed by atoms with Crippen LogP contribution < -0.4 is 0 Å². The molecule has 0 aliphatic rings. The molecule has 1 rings (SSSR count). The van der Waals surface area contributed by atoms with Crippen LogP contribution in [0, 0.1) is 0 Å². The van der Waals surface area contributed by atoms with Crippen LogP contribution in [-0.4, -0.2) is 41.3 Å². The molecule has 0 saturated carbocycles. The van der Waals surface area contributed by atoms with E-state index in [4.69, 9.17) is 4.84 Å². The average Bonchev–Trinajstić information content (AvgIpc) is 2.42. The van der Waals surface area contributed by atoms with E-state index in [2.05, 4.69) is 5.16 Å². The van der Waals surface area contributed by atoms with E-state index in [1.54, 1.807) is 36.1 Å². The highest BCUT2D eigenvalue weighted by molar-refractivity contribution is 5.83. The standard InChI is InChI=1S/C14H20N2O3/c1-4-16(5-2)14(18)11(3)19-15-10-12-8-6-7-9-13(12)17/h6-11,17H,4-5H2,1-3H3. The number of carbonyl (C=O) groups is 1. The Hall–Kier alpha value is -2.04. The summed E-state index contributed by atoms with van der Waals surface area (Å²) >= 11 is 0. The monoisotopic (exact) mass is 264 g/mol. The molecule has 1 aromatic rings. The van der Waals surface area contributed by atoms with Crippen LogP contribution in [0.1, 0.15) is 26.3 Å². The summed E-state index contributed by atoms with van der Waals surface area (Å²) in [5.41, 5.74) is 0.546. The molecule has 19 heavy (non-hydrogen) atoms. The Morgan fingerprint density at radius 1 is 1.42 bits per heavy atom. The number of carbonyl (C=O) groups excluding carboxylic acids is 1. The van der Waals surface area contributed by atoms with Crippen LogP contribution in [-0.2, 0) is 9.63 Å². The van der Waals surface area contributed by atoms with Gasteiger partial charge in [0, 0.05) is 18.7 Å². The highest BCUT2D eigenvalue weighted by atomic mass is 16.6. The maximum absolute atomic E-state index is 11.9. The third kappa shape index (κ3) is 4.28. The van der Waals surface area contributed by atoms with Crippen molar-refractivity contribution in [1.82, 2.24) is 4.90 Å². The maximum atomic E-state index is 11.9. The van der Waals surface area contributed by atoms with Gasteiger partial charge in [0.1, 0.15) is 5.75 Å². The Labute approximate surface area is 113 Å². The Balaban J connectivity index is 2.57. The van der Waals surface area contributed by atoms with E-state index in [9.17, 15) is 9.90 Å². The summed E-state index contributed by atoms with van der Waals surface area (Å²) in [6.07, 6.45) is 0.753. The topological polar surface area (TPSA) is 62.1 Å². The third-order valence-electron chi connectivity index (χ3n) is 2.77. The van der Waals surface area contributed by atoms with Crippen molar-refractivity contribution in [3.8, 4) is 5.75 Å². The van der Waals surface area contributed by atoms with Gasteiger partial charge in [-0.1, -0.05) is 17.3 Å². The second-order valence-corrected chi connectivity index (χ2v) is 4.05. The summed E-state index contributed by atoms with van der Waals surface area (Å²) in [4.78, 5) is 18.7. The summed E-state index contributed by atoms with van der Waals surface area (Å²) in [7, 11) is 0. The fourth-order valence-electron chi connectivity index (χ4n) is 1.61. The zero-order valence-corrected chi connectivity index (χ0v) is 11.5. The Morgan fingerprint density at radius 2 is 2.05 bits per heavy atom. The van der Waals surface area contributed by atoms with Crippen molar-refractivity contribution in [2.75, 3.05) is 13.1 Å². The van der Waals surface area contributed by atoms with Crippen molar-refractivity contribution in [2.45, 2.75) is 26.9 Å². The number of hydrogen-bond donors (Lipinski definition) is 1. The number of amides is 1. The number of nitrogens with zero attached hydrogens (tertiary/aromatic N) is 2. The van der Waals surface area contributed by atoms with Gasteiger partial charge in [-0.3, -0.25) is 4.79 Å². The average molecular weight is 264 g/mol. The normalized spacial score (nSPS) is 12.4. The van der Waals surface area contributed by atoms with Crippen molar-refractivity contribution < 1.29 is 14.7 Å². The number of aromatic hydroxyl groups is 1. The summed E-state index contributed by atoms with van der Waals surface area (Å²) in [6.45, 7) is 6.78. The van der Waals surface area contributed by atoms with Gasteiger partial charge in [-0.2, -0.15) is 0 Å². The molecule has 0 aliphatic carbocycles. The largest absolute Gasteiger partial charge is 0.507 e. The Kier molecular flexibility index (Phi) is 5.85. The molecule has 1 amide bonds. The third-order valence-corrected chi connectivity index (χ3v) is 2.77. The smallest absolute Gasteiger partial charge is 0.266 e. The molecule has 0 fully saturated rings. The van der Waals surface area contributed by atoms with Gasteiger partial charge in [-0.05, 0) is 32.9 Å². The summed E-state index contributed by atoms with van der Waals surface area (Å²) < 4.78 is 0. The maximum Gasteiger partial charge on any atom is 0.266 e. The van der Waals surface area contributed by atoms with Gasteiger partial charge in [-0.25, -0.2) is 0 Å². The molecule has 1 N–H and O–H groups in total. The summed E-state index contributed by atoms with van der Waals surface area (Å²) in [5.74, 6) is 0.0250. The van der Waals surface area contributed by atoms with E-state index >= 15 is 0 Å². The predicted molar refractivity (Wildman–Crippen MR) is 74.2 cm³/mol. The lowest BCUT2D eigenvalue weighted by molar-refractivity contribution is -0.142. The minimum absolute atomic E-state index is 0.0977. The van der Waals surface area contributed by atoms with Crippen LogP contribution in [0.3, 0.4) is 0 Å². The molecule has 1 atom stereocenters. The van der Waals surface area contributed by atoms with E-state index in [-0.39, 0.29) is 11.7 Å². The molecular formula is C14H20N2O3. The van der Waals surface area contributed by atoms with Crippen LogP contribution in [0.5, 0.6) is 5.75 Å². The fourth-order valence-corrected chi connectivity index (χ4v) is 1.61. The minimum Gasteiger partial charge on any atom is -0.507 e. The molecule has 0 spiro atoms. The van der Waals surface area contributed by atoms with Crippen molar-refractivity contribution in [3.63, 3.8) is 0 Å². The first kappa shape index (κ1) is 15.0. The minimum atomic E-state index is -0.637. The number of phenols is 1. The zero-order valence-electron chi connectivity index (χ0n) is 11.5. The second-order valence-electron chi connectivity index (χ2n) is 4.05. The van der Waals surface area contributed by atoms with Gasteiger partial charge in [0.05, 0.1) is 6.21 Å². The van der Waals surface area contributed by atoms with Crippen LogP contribution in [0.4, 0.5) is 0 Å². The van der Waals surface area contributed by atoms with Crippen molar-refractivity contribution in [3.05, 3.63) is 29.8 Å². The van der Waals surface area contributed by atoms with Crippen LogP contribution >= 0.6 is 0 Å². The Morgan fingerprint density at radius 3 is 2.63 bits per heavy atom. The number of para-hydroxylation sites is 1. The van der Waals surface area contributed by atoms with Gasteiger partial charge in [-0.15, -0.1) is 0 Å². The van der Waals surface area contributed by atoms with E-state index < -0.39 is 6.10 Å². The predicted octanol–water partition coefficient (Wildman–Crippen LogP) is 2.00. The first-order valence-electron chi connectivity index (χ1n) is 6.36. The van der Waals surface area contributed by atoms with Gasteiger partial charge in [0.15, 0.2) is 0 Å². The second kappa shape index (κ2) is 7.41. The van der Waals surface area contributed by atoms with E-state index in [1.165, 1.54) is 6.21 Å². The van der Waals surface area contributed by atoms with Crippen molar-refractivity contribution >= 4 is 12.1 Å². The zero-order chi connectivity index (χ0) is 14.3. The molecule has 0 radical (unpaired) electrons. The number of oxime groups is 1. The number of phenolic OH excluding ortho intramolecular Hbond substituents is 1. The van der Waals surface area contributed by atoms with Gasteiger partial charge < -0.3 is 14.8 Å². The van der Waals surface area contributed by atoms with Crippen molar-refractivity contribution in [1.29, 1.82) is 0 Å². The van der Waals surface area contributed by atoms with E-state index in [0.717, 1.165) is 0 Å². The summed E-state index contributed by atoms with van der Waals surface area (Å²) in [5, 5.41) is 13.3. The first-order valence-corrected chi connectivity index (χ1v) is 6.36. The molecule has 1 unspecified atom stereocenters. The number of hydrogen-bond acceptors (Lipinski definition) is 4. The lowest BCUT2D eigenvalue weighted by Crippen LogP contribution is -2.38. The molecule has 5 nitrogen and oxygen atoms in total. The van der Waals surface area contributed by atoms with E-state index in [0.29, 0.717) is 18.7 Å². The molecule has 1 aromatic carbocycles. The summed E-state index contributed by atoms with van der Waals surface area (Å²) in [6, 6.07) is 6.77. The molecular weight excluding hydrogens is 244 g/mol. The van der Waals surface area contributed by atoms with Gasteiger partial charge in [0.25, 0.3) is 5.91 Å². The van der Waals surface area contributed by atoms with Crippen LogP contribution in [0.2, 0.25) is 0 Å². The van der Waals surface area contributed by atoms with Crippen LogP contribution in [0.25, 0.3) is 0 Å². The van der Waals surface area contributed by atoms with Crippen molar-refractivity contribution in [2.24, 2.45) is 5.16 Å². The molecule has 104 valence electrons. The SMILES string of the molecule is CCN(CC)C(=O)C(C)ON=Cc1ccccc1O. The highest BCUT2D eigenvalue weighted by Crippen LogP contribution is 2.12. The molecule has 0 bridgehead atoms. The first-order chi connectivity index (χ1) is 9.10. The van der Waals surface area contributed by atoms with E-state index in [1.807, 2.05) is 13.8 Å². The number of benzene rings is 1. The number of rotatable bonds is 6. The lowest BCUT2D eigenvalue weighted by Gasteiger charge is -2.21. The molecule has 0 heterocycles. The molecule has 5 heteroatoms. The molecule has 0 aliphatic heterocycles. The highest BCUT2D eigenvalue weighted by Gasteiger charge is 2.19. The molecule has 0 aromatic heterocycles. The fraction of sp³-hybridized carbons (Fsp3) is 0.429. The van der Waals surface area contributed by atoms with Gasteiger partial charge in [0.2, 0.25) is 6.10 Å². The lowest BCUT2D eigenvalue weighted by atomic mass is 10.2. The van der Waals surface area contributed by atoms with Gasteiger partial charge >= 0.3 is 0 Å². The number of likely N-dealkylation sites (N-methyl/N-ethyl adjacent to an activating group) is 1. The quantitative estimate of drug-likeness (QED) is 0.631.